The normalized spacial score (nSPS) is 22.0. The van der Waals surface area contributed by atoms with E-state index in [0.29, 0.717) is 6.54 Å². The molecule has 1 aromatic rings. The van der Waals surface area contributed by atoms with Gasteiger partial charge in [0.2, 0.25) is 0 Å². The number of nitrogens with zero attached hydrogens (tertiary/aromatic N) is 1. The highest BCUT2D eigenvalue weighted by molar-refractivity contribution is 9.10. The van der Waals surface area contributed by atoms with Crippen LogP contribution in [0, 0.1) is 5.92 Å². The molecule has 4 heteroatoms. The van der Waals surface area contributed by atoms with E-state index in [4.69, 9.17) is 17.3 Å². The topological polar surface area (TPSA) is 29.3 Å². The van der Waals surface area contributed by atoms with Crippen LogP contribution in [0.3, 0.4) is 0 Å². The average Bonchev–Trinajstić information content (AvgIpc) is 2.68. The molecular formula is C17H26BrClN2. The van der Waals surface area contributed by atoms with Crippen molar-refractivity contribution in [3.05, 3.63) is 33.3 Å². The fraction of sp³-hybridized carbons (Fsp3) is 0.647. The molecule has 0 amide bonds. The van der Waals surface area contributed by atoms with E-state index in [1.807, 2.05) is 6.07 Å². The lowest BCUT2D eigenvalue weighted by Crippen LogP contribution is -2.34. The lowest BCUT2D eigenvalue weighted by molar-refractivity contribution is 0.206. The van der Waals surface area contributed by atoms with Gasteiger partial charge in [0.1, 0.15) is 0 Å². The van der Waals surface area contributed by atoms with E-state index in [0.717, 1.165) is 34.1 Å². The maximum Gasteiger partial charge on any atom is 0.0485 e. The predicted octanol–water partition coefficient (Wildman–Crippen LogP) is 5.00. The van der Waals surface area contributed by atoms with Crippen molar-refractivity contribution in [2.75, 3.05) is 19.6 Å². The molecule has 1 aliphatic rings. The zero-order valence-electron chi connectivity index (χ0n) is 12.8. The number of likely N-dealkylation sites (tertiary alicyclic amines) is 1. The summed E-state index contributed by atoms with van der Waals surface area (Å²) in [6.07, 6.45) is 6.58. The van der Waals surface area contributed by atoms with E-state index in [9.17, 15) is 0 Å². The van der Waals surface area contributed by atoms with Crippen molar-refractivity contribution < 1.29 is 0 Å². The van der Waals surface area contributed by atoms with E-state index in [1.54, 1.807) is 0 Å². The first-order chi connectivity index (χ1) is 10.2. The molecule has 1 saturated heterocycles. The molecule has 1 aromatic carbocycles. The Kier molecular flexibility index (Phi) is 7.00. The summed E-state index contributed by atoms with van der Waals surface area (Å²) in [5.41, 5.74) is 7.24. The Balaban J connectivity index is 2.10. The molecule has 2 nitrogen and oxygen atoms in total. The van der Waals surface area contributed by atoms with E-state index < -0.39 is 0 Å². The average molecular weight is 374 g/mol. The molecule has 21 heavy (non-hydrogen) atoms. The molecule has 0 saturated carbocycles. The Labute approximate surface area is 142 Å². The highest BCUT2D eigenvalue weighted by atomic mass is 79.9. The maximum atomic E-state index is 6.43. The summed E-state index contributed by atoms with van der Waals surface area (Å²) >= 11 is 9.90. The van der Waals surface area contributed by atoms with Crippen LogP contribution in [0.4, 0.5) is 0 Å². The summed E-state index contributed by atoms with van der Waals surface area (Å²) in [7, 11) is 0. The first-order valence-electron chi connectivity index (χ1n) is 8.04. The summed E-state index contributed by atoms with van der Waals surface area (Å²) in [5, 5.41) is 0.814. The van der Waals surface area contributed by atoms with Crippen molar-refractivity contribution >= 4 is 27.5 Å². The second-order valence-electron chi connectivity index (χ2n) is 6.04. The van der Waals surface area contributed by atoms with Gasteiger partial charge < -0.3 is 5.73 Å². The van der Waals surface area contributed by atoms with Crippen LogP contribution in [-0.4, -0.2) is 24.5 Å². The quantitative estimate of drug-likeness (QED) is 0.786. The lowest BCUT2D eigenvalue weighted by Gasteiger charge is -2.30. The SMILES string of the molecule is CCCC1CCCN(C(CN)c2ccc(Br)cc2Cl)CC1. The minimum atomic E-state index is 0.242. The zero-order chi connectivity index (χ0) is 15.2. The van der Waals surface area contributed by atoms with E-state index in [1.165, 1.54) is 32.1 Å². The number of benzene rings is 1. The second-order valence-corrected chi connectivity index (χ2v) is 7.36. The van der Waals surface area contributed by atoms with Gasteiger partial charge in [-0.15, -0.1) is 0 Å². The summed E-state index contributed by atoms with van der Waals surface area (Å²) in [6.45, 7) is 5.18. The van der Waals surface area contributed by atoms with Gasteiger partial charge in [0.05, 0.1) is 0 Å². The fourth-order valence-electron chi connectivity index (χ4n) is 3.44. The molecule has 2 unspecified atom stereocenters. The van der Waals surface area contributed by atoms with Gasteiger partial charge in [-0.3, -0.25) is 4.90 Å². The summed E-state index contributed by atoms with van der Waals surface area (Å²) in [5.74, 6) is 0.888. The van der Waals surface area contributed by atoms with Gasteiger partial charge in [0.25, 0.3) is 0 Å². The first-order valence-corrected chi connectivity index (χ1v) is 9.21. The minimum Gasteiger partial charge on any atom is -0.329 e. The summed E-state index contributed by atoms with van der Waals surface area (Å²) in [6, 6.07) is 6.38. The van der Waals surface area contributed by atoms with Gasteiger partial charge in [-0.05, 0) is 56.0 Å². The van der Waals surface area contributed by atoms with Crippen molar-refractivity contribution in [2.45, 2.75) is 45.1 Å². The number of rotatable bonds is 5. The molecule has 1 fully saturated rings. The number of hydrogen-bond donors (Lipinski definition) is 1. The van der Waals surface area contributed by atoms with Crippen LogP contribution < -0.4 is 5.73 Å². The van der Waals surface area contributed by atoms with Gasteiger partial charge in [-0.25, -0.2) is 0 Å². The van der Waals surface area contributed by atoms with Crippen molar-refractivity contribution in [2.24, 2.45) is 11.7 Å². The van der Waals surface area contributed by atoms with Crippen molar-refractivity contribution in [1.82, 2.24) is 4.90 Å². The molecule has 0 bridgehead atoms. The third-order valence-electron chi connectivity index (χ3n) is 4.56. The predicted molar refractivity (Wildman–Crippen MR) is 94.8 cm³/mol. The molecule has 0 spiro atoms. The van der Waals surface area contributed by atoms with Gasteiger partial charge in [-0.2, -0.15) is 0 Å². The third-order valence-corrected chi connectivity index (χ3v) is 5.39. The molecule has 1 aliphatic heterocycles. The Bertz CT molecular complexity index is 452. The zero-order valence-corrected chi connectivity index (χ0v) is 15.2. The van der Waals surface area contributed by atoms with Crippen molar-refractivity contribution in [1.29, 1.82) is 0 Å². The number of hydrogen-bond acceptors (Lipinski definition) is 2. The molecule has 2 atom stereocenters. The van der Waals surface area contributed by atoms with Gasteiger partial charge in [0.15, 0.2) is 0 Å². The number of nitrogens with two attached hydrogens (primary N) is 1. The largest absolute Gasteiger partial charge is 0.329 e. The monoisotopic (exact) mass is 372 g/mol. The van der Waals surface area contributed by atoms with Crippen LogP contribution in [-0.2, 0) is 0 Å². The van der Waals surface area contributed by atoms with Crippen LogP contribution in [0.5, 0.6) is 0 Å². The van der Waals surface area contributed by atoms with Gasteiger partial charge in [0, 0.05) is 22.1 Å². The lowest BCUT2D eigenvalue weighted by atomic mass is 9.96. The molecule has 2 rings (SSSR count). The first kappa shape index (κ1) is 17.3. The van der Waals surface area contributed by atoms with Crippen LogP contribution in [0.2, 0.25) is 5.02 Å². The van der Waals surface area contributed by atoms with E-state index in [-0.39, 0.29) is 6.04 Å². The smallest absolute Gasteiger partial charge is 0.0485 e. The fourth-order valence-corrected chi connectivity index (χ4v) is 4.24. The van der Waals surface area contributed by atoms with E-state index in [2.05, 4.69) is 39.9 Å². The van der Waals surface area contributed by atoms with Crippen LogP contribution in [0.15, 0.2) is 22.7 Å². The van der Waals surface area contributed by atoms with Crippen LogP contribution >= 0.6 is 27.5 Å². The standard InChI is InChI=1S/C17H26BrClN2/c1-2-4-13-5-3-9-21(10-8-13)17(12-20)15-7-6-14(18)11-16(15)19/h6-7,11,13,17H,2-5,8-10,12,20H2,1H3. The maximum absolute atomic E-state index is 6.43. The summed E-state index contributed by atoms with van der Waals surface area (Å²) < 4.78 is 1.02. The van der Waals surface area contributed by atoms with Gasteiger partial charge >= 0.3 is 0 Å². The molecule has 0 aromatic heterocycles. The van der Waals surface area contributed by atoms with Crippen LogP contribution in [0.25, 0.3) is 0 Å². The van der Waals surface area contributed by atoms with Gasteiger partial charge in [-0.1, -0.05) is 53.4 Å². The highest BCUT2D eigenvalue weighted by Crippen LogP contribution is 2.32. The molecule has 1 heterocycles. The third kappa shape index (κ3) is 4.69. The minimum absolute atomic E-state index is 0.242. The molecule has 2 N–H and O–H groups in total. The Morgan fingerprint density at radius 3 is 2.86 bits per heavy atom. The molecular weight excluding hydrogens is 348 g/mol. The molecule has 0 aliphatic carbocycles. The highest BCUT2D eigenvalue weighted by Gasteiger charge is 2.24. The molecule has 118 valence electrons. The Morgan fingerprint density at radius 2 is 2.19 bits per heavy atom. The Morgan fingerprint density at radius 1 is 1.38 bits per heavy atom. The molecule has 0 radical (unpaired) electrons. The van der Waals surface area contributed by atoms with Crippen molar-refractivity contribution in [3.63, 3.8) is 0 Å². The Hall–Kier alpha value is -0.0900. The van der Waals surface area contributed by atoms with Crippen LogP contribution in [0.1, 0.15) is 50.6 Å². The second kappa shape index (κ2) is 8.52. The van der Waals surface area contributed by atoms with Crippen molar-refractivity contribution in [3.8, 4) is 0 Å². The summed E-state index contributed by atoms with van der Waals surface area (Å²) in [4.78, 5) is 2.53. The number of halogens is 2. The van der Waals surface area contributed by atoms with E-state index >= 15 is 0 Å².